The zero-order valence-electron chi connectivity index (χ0n) is 18.2. The number of esters is 1. The Morgan fingerprint density at radius 3 is 2.84 bits per heavy atom. The van der Waals surface area contributed by atoms with E-state index in [4.69, 9.17) is 14.2 Å². The fraction of sp³-hybridized carbons (Fsp3) is 0.682. The maximum absolute atomic E-state index is 12.0. The maximum Gasteiger partial charge on any atom is 0.319 e. The summed E-state index contributed by atoms with van der Waals surface area (Å²) >= 11 is 0. The van der Waals surface area contributed by atoms with Gasteiger partial charge in [0.1, 0.15) is 6.10 Å². The van der Waals surface area contributed by atoms with Crippen LogP contribution in [0.25, 0.3) is 0 Å². The monoisotopic (exact) mass is 474 g/mol. The predicted molar refractivity (Wildman–Crippen MR) is 121 cm³/mol. The molecule has 1 saturated heterocycles. The number of hydrogen-bond donors (Lipinski definition) is 2. The summed E-state index contributed by atoms with van der Waals surface area (Å²) in [4.78, 5) is 14.4. The van der Waals surface area contributed by atoms with Gasteiger partial charge in [-0.25, -0.2) is 0 Å². The Kier molecular flexibility index (Phi) is 6.76. The van der Waals surface area contributed by atoms with Gasteiger partial charge in [0.2, 0.25) is 0 Å². The summed E-state index contributed by atoms with van der Waals surface area (Å²) in [6.07, 6.45) is 3.33. The molecule has 7 nitrogen and oxygen atoms in total. The lowest BCUT2D eigenvalue weighted by molar-refractivity contribution is -0.203. The summed E-state index contributed by atoms with van der Waals surface area (Å²) in [5.41, 5.74) is 1.69. The minimum Gasteiger partial charge on any atom is -0.504 e. The van der Waals surface area contributed by atoms with Crippen LogP contribution in [0.15, 0.2) is 12.1 Å². The topological polar surface area (TPSA) is 80.3 Å². The van der Waals surface area contributed by atoms with Crippen molar-refractivity contribution in [1.82, 2.24) is 10.2 Å². The normalized spacial score (nSPS) is 34.6. The number of ether oxygens (including phenoxy) is 3. The van der Waals surface area contributed by atoms with Crippen LogP contribution in [0.4, 0.5) is 0 Å². The van der Waals surface area contributed by atoms with Crippen LogP contribution in [-0.4, -0.2) is 73.6 Å². The first-order valence-electron chi connectivity index (χ1n) is 10.6. The molecule has 0 radical (unpaired) electrons. The van der Waals surface area contributed by atoms with E-state index in [2.05, 4.69) is 17.3 Å². The van der Waals surface area contributed by atoms with Crippen molar-refractivity contribution in [3.63, 3.8) is 0 Å². The number of likely N-dealkylation sites (tertiary alicyclic amines) is 1. The molecule has 0 unspecified atom stereocenters. The first kappa shape index (κ1) is 24.4. The van der Waals surface area contributed by atoms with Gasteiger partial charge in [0.25, 0.3) is 0 Å². The number of phenolic OH excluding ortho intramolecular Hbond substituents is 1. The van der Waals surface area contributed by atoms with E-state index in [0.29, 0.717) is 12.4 Å². The molecule has 2 N–H and O–H groups in total. The van der Waals surface area contributed by atoms with Crippen LogP contribution in [0, 0.1) is 0 Å². The quantitative estimate of drug-likeness (QED) is 0.633. The third kappa shape index (κ3) is 3.08. The summed E-state index contributed by atoms with van der Waals surface area (Å²) in [6.45, 7) is 3.30. The van der Waals surface area contributed by atoms with Crippen molar-refractivity contribution in [2.75, 3.05) is 33.9 Å². The number of piperidine rings is 1. The van der Waals surface area contributed by atoms with Gasteiger partial charge >= 0.3 is 5.97 Å². The fourth-order valence-corrected chi connectivity index (χ4v) is 6.78. The van der Waals surface area contributed by atoms with Gasteiger partial charge in [-0.3, -0.25) is 4.79 Å². The third-order valence-corrected chi connectivity index (χ3v) is 7.87. The second kappa shape index (κ2) is 8.60. The van der Waals surface area contributed by atoms with Crippen molar-refractivity contribution in [2.45, 2.75) is 61.8 Å². The van der Waals surface area contributed by atoms with Gasteiger partial charge < -0.3 is 29.5 Å². The Hall–Kier alpha value is -1.25. The maximum atomic E-state index is 12.0. The summed E-state index contributed by atoms with van der Waals surface area (Å²) in [7, 11) is 4.00. The molecule has 1 saturated carbocycles. The van der Waals surface area contributed by atoms with Gasteiger partial charge in [-0.05, 0) is 57.8 Å². The number of nitrogens with one attached hydrogen (secondary N) is 1. The Balaban J connectivity index is 0.00000136. The molecule has 1 spiro atoms. The Bertz CT molecular complexity index is 855. The van der Waals surface area contributed by atoms with E-state index < -0.39 is 0 Å². The number of benzene rings is 1. The van der Waals surface area contributed by atoms with Crippen molar-refractivity contribution in [3.8, 4) is 11.5 Å². The molecule has 1 aromatic rings. The van der Waals surface area contributed by atoms with Crippen LogP contribution in [0.3, 0.4) is 0 Å². The number of aromatic hydroxyl groups is 1. The van der Waals surface area contributed by atoms with Crippen LogP contribution in [0.1, 0.15) is 37.3 Å². The van der Waals surface area contributed by atoms with Crippen molar-refractivity contribution in [1.29, 1.82) is 0 Å². The number of rotatable bonds is 5. The van der Waals surface area contributed by atoms with Crippen LogP contribution in [0.5, 0.6) is 11.5 Å². The molecule has 31 heavy (non-hydrogen) atoms. The minimum atomic E-state index is -0.362. The summed E-state index contributed by atoms with van der Waals surface area (Å²) in [5, 5.41) is 14.0. The largest absolute Gasteiger partial charge is 0.504 e. The van der Waals surface area contributed by atoms with Gasteiger partial charge in [-0.2, -0.15) is 0 Å². The molecular weight excluding hydrogens is 443 g/mol. The zero-order valence-corrected chi connectivity index (χ0v) is 19.8. The summed E-state index contributed by atoms with van der Waals surface area (Å²) in [6, 6.07) is 4.05. The SMILES string of the molecule is CCOC(=O)CN[C@H]1CC[C@@]2(OC)[C@H]3Cc4ccc(O)c5c4[C@@]2(CCN3C)[C@H]1O5.Cl.Cl. The molecule has 2 aliphatic heterocycles. The van der Waals surface area contributed by atoms with Crippen LogP contribution in [-0.2, 0) is 26.1 Å². The van der Waals surface area contributed by atoms with E-state index in [9.17, 15) is 9.90 Å². The predicted octanol–water partition coefficient (Wildman–Crippen LogP) is 2.20. The average molecular weight is 475 g/mol. The van der Waals surface area contributed by atoms with E-state index in [1.165, 1.54) is 5.56 Å². The third-order valence-electron chi connectivity index (χ3n) is 7.87. The van der Waals surface area contributed by atoms with E-state index in [1.54, 1.807) is 6.07 Å². The first-order valence-corrected chi connectivity index (χ1v) is 10.6. The molecule has 2 bridgehead atoms. The molecule has 0 aromatic heterocycles. The van der Waals surface area contributed by atoms with Gasteiger partial charge in [-0.1, -0.05) is 6.07 Å². The van der Waals surface area contributed by atoms with Crippen molar-refractivity contribution >= 4 is 30.8 Å². The number of carbonyl (C=O) groups excluding carboxylic acids is 1. The minimum absolute atomic E-state index is 0. The molecule has 9 heteroatoms. The fourth-order valence-electron chi connectivity index (χ4n) is 6.78. The number of phenols is 1. The molecule has 2 heterocycles. The number of hydrogen-bond acceptors (Lipinski definition) is 7. The van der Waals surface area contributed by atoms with E-state index in [1.807, 2.05) is 20.1 Å². The average Bonchev–Trinajstić information content (AvgIpc) is 3.07. The van der Waals surface area contributed by atoms with Gasteiger partial charge in [0.15, 0.2) is 11.5 Å². The van der Waals surface area contributed by atoms with Crippen molar-refractivity contribution in [2.24, 2.45) is 0 Å². The molecular formula is C22H32Cl2N2O5. The second-order valence-electron chi connectivity index (χ2n) is 8.83. The molecule has 2 fully saturated rings. The lowest BCUT2D eigenvalue weighted by Gasteiger charge is -2.65. The van der Waals surface area contributed by atoms with Gasteiger partial charge in [-0.15, -0.1) is 24.8 Å². The number of nitrogens with zero attached hydrogens (tertiary/aromatic N) is 1. The van der Waals surface area contributed by atoms with E-state index in [-0.39, 0.29) is 72.3 Å². The Morgan fingerprint density at radius 1 is 1.35 bits per heavy atom. The number of likely N-dealkylation sites (N-methyl/N-ethyl adjacent to an activating group) is 1. The van der Waals surface area contributed by atoms with Crippen molar-refractivity contribution in [3.05, 3.63) is 23.3 Å². The van der Waals surface area contributed by atoms with Gasteiger partial charge in [0, 0.05) is 24.8 Å². The number of halogens is 2. The number of carbonyl (C=O) groups is 1. The number of methoxy groups -OCH3 is 1. The lowest BCUT2D eigenvalue weighted by Crippen LogP contribution is -2.78. The molecule has 0 amide bonds. The summed E-state index contributed by atoms with van der Waals surface area (Å²) < 4.78 is 18.0. The Labute approximate surface area is 195 Å². The Morgan fingerprint density at radius 2 is 2.13 bits per heavy atom. The standard InChI is InChI=1S/C22H30N2O5.2ClH/c1-4-28-17(26)12-23-14-7-8-22(27-3)16-11-13-5-6-15(25)19-18(13)21(22,20(14)29-19)9-10-24(16)2;;/h5-6,14,16,20,23,25H,4,7-12H2,1-3H3;2*1H/t14-,16+,20-,21-,22+;;/m0../s1. The highest BCUT2D eigenvalue weighted by Crippen LogP contribution is 2.66. The molecule has 174 valence electrons. The first-order chi connectivity index (χ1) is 14.0. The van der Waals surface area contributed by atoms with E-state index in [0.717, 1.165) is 37.8 Å². The van der Waals surface area contributed by atoms with Gasteiger partial charge in [0.05, 0.1) is 24.2 Å². The molecule has 2 aliphatic carbocycles. The summed E-state index contributed by atoms with van der Waals surface area (Å²) in [5.74, 6) is 0.554. The second-order valence-corrected chi connectivity index (χ2v) is 8.83. The highest BCUT2D eigenvalue weighted by molar-refractivity contribution is 5.85. The smallest absolute Gasteiger partial charge is 0.319 e. The van der Waals surface area contributed by atoms with Crippen LogP contribution >= 0.6 is 24.8 Å². The molecule has 5 atom stereocenters. The van der Waals surface area contributed by atoms with Crippen LogP contribution < -0.4 is 10.1 Å². The highest BCUT2D eigenvalue weighted by Gasteiger charge is 2.73. The van der Waals surface area contributed by atoms with E-state index >= 15 is 0 Å². The molecule has 4 aliphatic rings. The molecule has 1 aromatic carbocycles. The van der Waals surface area contributed by atoms with Crippen molar-refractivity contribution < 1.29 is 24.1 Å². The molecule has 5 rings (SSSR count). The highest BCUT2D eigenvalue weighted by atomic mass is 35.5. The zero-order chi connectivity index (χ0) is 20.4. The lowest BCUT2D eigenvalue weighted by atomic mass is 9.48. The van der Waals surface area contributed by atoms with Crippen LogP contribution in [0.2, 0.25) is 0 Å².